The van der Waals surface area contributed by atoms with E-state index in [4.69, 9.17) is 9.84 Å². The van der Waals surface area contributed by atoms with E-state index in [0.29, 0.717) is 5.57 Å². The third kappa shape index (κ3) is 4.03. The van der Waals surface area contributed by atoms with Gasteiger partial charge in [0.2, 0.25) is 0 Å². The maximum absolute atomic E-state index is 10.6. The molecule has 3 heteroatoms. The molecule has 23 heavy (non-hydrogen) atoms. The summed E-state index contributed by atoms with van der Waals surface area (Å²) in [7, 11) is 0. The van der Waals surface area contributed by atoms with Crippen LogP contribution in [0.25, 0.3) is 0 Å². The van der Waals surface area contributed by atoms with Crippen molar-refractivity contribution < 1.29 is 14.6 Å². The number of carbonyl (C=O) groups is 1. The zero-order valence-corrected chi connectivity index (χ0v) is 14.8. The maximum Gasteiger partial charge on any atom is 0.328 e. The molecule has 1 N–H and O–H groups in total. The smallest absolute Gasteiger partial charge is 0.328 e. The largest absolute Gasteiger partial charge is 0.478 e. The van der Waals surface area contributed by atoms with Crippen LogP contribution in [0.1, 0.15) is 53.9 Å². The third-order valence-corrected chi connectivity index (χ3v) is 4.98. The molecule has 0 aromatic rings. The summed E-state index contributed by atoms with van der Waals surface area (Å²) >= 11 is 0. The van der Waals surface area contributed by atoms with Gasteiger partial charge in [-0.25, -0.2) is 4.79 Å². The van der Waals surface area contributed by atoms with Crippen LogP contribution in [0.5, 0.6) is 0 Å². The van der Waals surface area contributed by atoms with Gasteiger partial charge in [0.05, 0.1) is 11.7 Å². The zero-order valence-electron chi connectivity index (χ0n) is 14.8. The van der Waals surface area contributed by atoms with E-state index in [-0.39, 0.29) is 17.1 Å². The highest BCUT2D eigenvalue weighted by molar-refractivity contribution is 5.81. The molecule has 0 spiro atoms. The predicted molar refractivity (Wildman–Crippen MR) is 93.3 cm³/mol. The summed E-state index contributed by atoms with van der Waals surface area (Å²) in [6.45, 7) is 10.7. The molecule has 3 nitrogen and oxygen atoms in total. The average Bonchev–Trinajstić information content (AvgIpc) is 2.77. The summed E-state index contributed by atoms with van der Waals surface area (Å²) in [4.78, 5) is 10.6. The normalized spacial score (nSPS) is 31.2. The maximum atomic E-state index is 10.6. The van der Waals surface area contributed by atoms with Crippen LogP contribution >= 0.6 is 0 Å². The van der Waals surface area contributed by atoms with Crippen LogP contribution in [0.15, 0.2) is 47.1 Å². The molecule has 2 aliphatic rings. The molecule has 0 aromatic heterocycles. The molecular weight excluding hydrogens is 288 g/mol. The number of rotatable bonds is 4. The number of carboxylic acids is 1. The molecule has 0 aromatic carbocycles. The molecule has 1 fully saturated rings. The highest BCUT2D eigenvalue weighted by Crippen LogP contribution is 2.51. The van der Waals surface area contributed by atoms with Crippen LogP contribution in [-0.4, -0.2) is 22.8 Å². The van der Waals surface area contributed by atoms with Gasteiger partial charge < -0.3 is 9.84 Å². The van der Waals surface area contributed by atoms with Crippen molar-refractivity contribution in [3.63, 3.8) is 0 Å². The minimum atomic E-state index is -0.920. The second kappa shape index (κ2) is 6.48. The fourth-order valence-electron chi connectivity index (χ4n) is 3.76. The van der Waals surface area contributed by atoms with Crippen molar-refractivity contribution in [1.82, 2.24) is 0 Å². The summed E-state index contributed by atoms with van der Waals surface area (Å²) in [6.07, 6.45) is 12.7. The molecule has 2 rings (SSSR count). The Morgan fingerprint density at radius 1 is 1.30 bits per heavy atom. The Balaban J connectivity index is 2.14. The van der Waals surface area contributed by atoms with Crippen molar-refractivity contribution in [2.45, 2.75) is 65.6 Å². The Morgan fingerprint density at radius 2 is 2.00 bits per heavy atom. The Morgan fingerprint density at radius 3 is 2.61 bits per heavy atom. The second-order valence-corrected chi connectivity index (χ2v) is 7.58. The van der Waals surface area contributed by atoms with E-state index in [0.717, 1.165) is 12.0 Å². The Bertz CT molecular complexity index is 604. The van der Waals surface area contributed by atoms with Crippen LogP contribution in [-0.2, 0) is 9.53 Å². The van der Waals surface area contributed by atoms with Crippen molar-refractivity contribution in [1.29, 1.82) is 0 Å². The van der Waals surface area contributed by atoms with E-state index < -0.39 is 5.97 Å². The van der Waals surface area contributed by atoms with Gasteiger partial charge in [0.15, 0.2) is 0 Å². The number of hydrogen-bond donors (Lipinski definition) is 1. The van der Waals surface area contributed by atoms with E-state index >= 15 is 0 Å². The van der Waals surface area contributed by atoms with Gasteiger partial charge in [-0.2, -0.15) is 0 Å². The van der Waals surface area contributed by atoms with E-state index in [1.54, 1.807) is 13.0 Å². The molecule has 1 saturated carbocycles. The van der Waals surface area contributed by atoms with Gasteiger partial charge >= 0.3 is 5.97 Å². The van der Waals surface area contributed by atoms with E-state index in [2.05, 4.69) is 33.8 Å². The van der Waals surface area contributed by atoms with Crippen molar-refractivity contribution in [3.05, 3.63) is 47.1 Å². The monoisotopic (exact) mass is 316 g/mol. The van der Waals surface area contributed by atoms with Gasteiger partial charge in [-0.3, -0.25) is 0 Å². The minimum absolute atomic E-state index is 0.0146. The number of ether oxygens (including phenoxy) is 1. The second-order valence-electron chi connectivity index (χ2n) is 7.58. The van der Waals surface area contributed by atoms with Crippen molar-refractivity contribution >= 4 is 5.97 Å². The van der Waals surface area contributed by atoms with Crippen molar-refractivity contribution in [2.24, 2.45) is 5.41 Å². The number of hydrogen-bond acceptors (Lipinski definition) is 2. The first-order valence-electron chi connectivity index (χ1n) is 8.31. The topological polar surface area (TPSA) is 46.5 Å². The Kier molecular flexibility index (Phi) is 5.00. The molecule has 1 aliphatic carbocycles. The first-order valence-corrected chi connectivity index (χ1v) is 8.31. The Labute approximate surface area is 139 Å². The lowest BCUT2D eigenvalue weighted by molar-refractivity contribution is -0.131. The van der Waals surface area contributed by atoms with Crippen LogP contribution in [0.3, 0.4) is 0 Å². The van der Waals surface area contributed by atoms with Gasteiger partial charge in [0, 0.05) is 6.08 Å². The number of allylic oxidation sites excluding steroid dienone is 4. The van der Waals surface area contributed by atoms with Gasteiger partial charge in [0.25, 0.3) is 0 Å². The molecule has 2 unspecified atom stereocenters. The lowest BCUT2D eigenvalue weighted by atomic mass is 9.67. The zero-order chi connectivity index (χ0) is 17.3. The molecule has 0 amide bonds. The number of aliphatic carboxylic acids is 1. The molecule has 126 valence electrons. The molecule has 0 saturated heterocycles. The van der Waals surface area contributed by atoms with Crippen LogP contribution in [0, 0.1) is 5.41 Å². The third-order valence-electron chi connectivity index (χ3n) is 4.98. The van der Waals surface area contributed by atoms with Crippen molar-refractivity contribution in [3.8, 4) is 0 Å². The highest BCUT2D eigenvalue weighted by Gasteiger charge is 2.47. The van der Waals surface area contributed by atoms with Crippen LogP contribution in [0.4, 0.5) is 0 Å². The van der Waals surface area contributed by atoms with E-state index in [1.165, 1.54) is 24.5 Å². The van der Waals surface area contributed by atoms with Gasteiger partial charge in [-0.05, 0) is 68.2 Å². The lowest BCUT2D eigenvalue weighted by Gasteiger charge is -2.42. The standard InChI is InChI=1S/C20H28O3/c1-14(12-18(21)22)8-6-9-15(2)16-13-17-19(3,4)10-7-11-20(17,5)23-16/h6,8-9,12-13,16H,7,10-11H2,1-5H3,(H,21,22)/b8-6+,14-12+,15-9+. The SMILES string of the molecule is CC(/C=C/C=C(\C)C1C=C2C(C)(C)CCCC2(C)O1)=C\C(=O)O. The highest BCUT2D eigenvalue weighted by atomic mass is 16.5. The summed E-state index contributed by atoms with van der Waals surface area (Å²) < 4.78 is 6.37. The molecular formula is C20H28O3. The fraction of sp³-hybridized carbons (Fsp3) is 0.550. The summed E-state index contributed by atoms with van der Waals surface area (Å²) in [5.41, 5.74) is 3.36. The van der Waals surface area contributed by atoms with Gasteiger partial charge in [0.1, 0.15) is 0 Å². The van der Waals surface area contributed by atoms with Gasteiger partial charge in [-0.15, -0.1) is 0 Å². The van der Waals surface area contributed by atoms with Crippen molar-refractivity contribution in [2.75, 3.05) is 0 Å². The quantitative estimate of drug-likeness (QED) is 0.460. The first-order chi connectivity index (χ1) is 10.6. The lowest BCUT2D eigenvalue weighted by Crippen LogP contribution is -2.39. The summed E-state index contributed by atoms with van der Waals surface area (Å²) in [5.74, 6) is -0.920. The Hall–Kier alpha value is -1.61. The molecule has 0 bridgehead atoms. The van der Waals surface area contributed by atoms with Gasteiger partial charge in [-0.1, -0.05) is 32.1 Å². The average molecular weight is 316 g/mol. The summed E-state index contributed by atoms with van der Waals surface area (Å²) in [6, 6.07) is 0. The minimum Gasteiger partial charge on any atom is -0.478 e. The van der Waals surface area contributed by atoms with Crippen LogP contribution in [0.2, 0.25) is 0 Å². The van der Waals surface area contributed by atoms with E-state index in [1.807, 2.05) is 12.2 Å². The molecule has 1 heterocycles. The number of fused-ring (bicyclic) bond motifs is 1. The first kappa shape index (κ1) is 17.7. The molecule has 0 radical (unpaired) electrons. The summed E-state index contributed by atoms with van der Waals surface area (Å²) in [5, 5.41) is 8.71. The number of carboxylic acid groups (broad SMARTS) is 1. The molecule has 2 atom stereocenters. The predicted octanol–water partition coefficient (Wildman–Crippen LogP) is 4.81. The van der Waals surface area contributed by atoms with Crippen LogP contribution < -0.4 is 0 Å². The molecule has 1 aliphatic heterocycles. The fourth-order valence-corrected chi connectivity index (χ4v) is 3.76. The van der Waals surface area contributed by atoms with E-state index in [9.17, 15) is 4.79 Å².